The van der Waals surface area contributed by atoms with Crippen molar-refractivity contribution in [3.05, 3.63) is 17.4 Å². The van der Waals surface area contributed by atoms with Gasteiger partial charge in [-0.3, -0.25) is 4.79 Å². The van der Waals surface area contributed by atoms with Gasteiger partial charge >= 0.3 is 0 Å². The Labute approximate surface area is 84.9 Å². The molecule has 1 aromatic carbocycles. The molecule has 0 fully saturated rings. The van der Waals surface area contributed by atoms with Gasteiger partial charge in [-0.1, -0.05) is 0 Å². The van der Waals surface area contributed by atoms with E-state index < -0.39 is 35.2 Å². The molecule has 0 aromatic heterocycles. The summed E-state index contributed by atoms with van der Waals surface area (Å²) in [4.78, 5) is 11.2. The Morgan fingerprint density at radius 3 is 2.67 bits per heavy atom. The molecule has 4 N–H and O–H groups in total. The van der Waals surface area contributed by atoms with E-state index in [1.807, 2.05) is 0 Å². The fourth-order valence-corrected chi connectivity index (χ4v) is 1.12. The number of nitrogens with two attached hydrogens (primary N) is 1. The first-order valence-electron chi connectivity index (χ1n) is 4.04. The maximum atomic E-state index is 13.5. The highest BCUT2D eigenvalue weighted by Gasteiger charge is 2.22. The minimum absolute atomic E-state index is 0.331. The minimum Gasteiger partial charge on any atom is -0.504 e. The van der Waals surface area contributed by atoms with Crippen molar-refractivity contribution in [2.75, 3.05) is 13.7 Å². The number of methoxy groups -OCH3 is 1. The topological polar surface area (TPSA) is 92.8 Å². The molecule has 15 heavy (non-hydrogen) atoms. The lowest BCUT2D eigenvalue weighted by molar-refractivity contribution is 0.0993. The molecule has 82 valence electrons. The maximum Gasteiger partial charge on any atom is 0.183 e. The molecule has 0 unspecified atom stereocenters. The summed E-state index contributed by atoms with van der Waals surface area (Å²) in [6, 6.07) is 0.873. The van der Waals surface area contributed by atoms with Crippen LogP contribution in [0.5, 0.6) is 17.2 Å². The zero-order chi connectivity index (χ0) is 11.6. The summed E-state index contributed by atoms with van der Waals surface area (Å²) in [6.45, 7) is -0.475. The molecular weight excluding hydrogens is 205 g/mol. The zero-order valence-corrected chi connectivity index (χ0v) is 7.95. The Hall–Kier alpha value is -1.82. The zero-order valence-electron chi connectivity index (χ0n) is 7.95. The summed E-state index contributed by atoms with van der Waals surface area (Å²) in [7, 11) is 1.17. The number of benzene rings is 1. The fraction of sp³-hybridized carbons (Fsp3) is 0.222. The standard InChI is InChI=1S/C9H10FNO4/c1-15-6-2-4(12)9(14)7(8(6)10)5(13)3-11/h2,12,14H,3,11H2,1H3. The SMILES string of the molecule is COc1cc(O)c(O)c(C(=O)CN)c1F. The van der Waals surface area contributed by atoms with Crippen LogP contribution in [0.25, 0.3) is 0 Å². The monoisotopic (exact) mass is 215 g/mol. The number of aromatic hydroxyl groups is 2. The van der Waals surface area contributed by atoms with E-state index in [0.29, 0.717) is 0 Å². The van der Waals surface area contributed by atoms with E-state index in [0.717, 1.165) is 6.07 Å². The van der Waals surface area contributed by atoms with Gasteiger partial charge in [0.25, 0.3) is 0 Å². The molecule has 0 amide bonds. The summed E-state index contributed by atoms with van der Waals surface area (Å²) in [6.07, 6.45) is 0. The van der Waals surface area contributed by atoms with Crippen LogP contribution >= 0.6 is 0 Å². The highest BCUT2D eigenvalue weighted by molar-refractivity contribution is 6.01. The van der Waals surface area contributed by atoms with Crippen LogP contribution in [0.1, 0.15) is 10.4 Å². The molecule has 0 atom stereocenters. The Bertz CT molecular complexity index is 406. The van der Waals surface area contributed by atoms with Crippen molar-refractivity contribution in [3.8, 4) is 17.2 Å². The predicted molar refractivity (Wildman–Crippen MR) is 49.7 cm³/mol. The van der Waals surface area contributed by atoms with Crippen molar-refractivity contribution in [1.82, 2.24) is 0 Å². The number of carbonyl (C=O) groups is 1. The molecule has 0 bridgehead atoms. The third-order valence-electron chi connectivity index (χ3n) is 1.87. The number of ether oxygens (including phenoxy) is 1. The van der Waals surface area contributed by atoms with E-state index in [4.69, 9.17) is 5.73 Å². The third-order valence-corrected chi connectivity index (χ3v) is 1.87. The van der Waals surface area contributed by atoms with Crippen molar-refractivity contribution in [2.45, 2.75) is 0 Å². The van der Waals surface area contributed by atoms with E-state index >= 15 is 0 Å². The smallest absolute Gasteiger partial charge is 0.183 e. The van der Waals surface area contributed by atoms with Crippen molar-refractivity contribution >= 4 is 5.78 Å². The summed E-state index contributed by atoms with van der Waals surface area (Å²) in [5.41, 5.74) is 4.38. The van der Waals surface area contributed by atoms with Gasteiger partial charge in [0.05, 0.1) is 13.7 Å². The van der Waals surface area contributed by atoms with Crippen molar-refractivity contribution in [1.29, 1.82) is 0 Å². The quantitative estimate of drug-likeness (QED) is 0.501. The minimum atomic E-state index is -1.04. The second kappa shape index (κ2) is 4.14. The average Bonchev–Trinajstić information content (AvgIpc) is 2.23. The van der Waals surface area contributed by atoms with Gasteiger partial charge in [-0.2, -0.15) is 0 Å². The van der Waals surface area contributed by atoms with Crippen LogP contribution in [0.3, 0.4) is 0 Å². The normalized spacial score (nSPS) is 10.1. The van der Waals surface area contributed by atoms with Crippen LogP contribution in [0, 0.1) is 5.82 Å². The number of phenolic OH excluding ortho intramolecular Hbond substituents is 2. The Morgan fingerprint density at radius 2 is 2.20 bits per heavy atom. The molecule has 0 spiro atoms. The number of rotatable bonds is 3. The number of halogens is 1. The number of phenols is 2. The van der Waals surface area contributed by atoms with Crippen molar-refractivity contribution in [3.63, 3.8) is 0 Å². The van der Waals surface area contributed by atoms with Gasteiger partial charge in [0.15, 0.2) is 28.8 Å². The molecule has 0 heterocycles. The second-order valence-corrected chi connectivity index (χ2v) is 2.76. The highest BCUT2D eigenvalue weighted by atomic mass is 19.1. The van der Waals surface area contributed by atoms with Crippen LogP contribution in [0.2, 0.25) is 0 Å². The largest absolute Gasteiger partial charge is 0.504 e. The molecular formula is C9H10FNO4. The molecule has 1 rings (SSSR count). The van der Waals surface area contributed by atoms with E-state index in [2.05, 4.69) is 4.74 Å². The van der Waals surface area contributed by atoms with E-state index in [1.54, 1.807) is 0 Å². The third kappa shape index (κ3) is 1.84. The van der Waals surface area contributed by atoms with Crippen LogP contribution in [-0.2, 0) is 0 Å². The molecule has 0 saturated carbocycles. The van der Waals surface area contributed by atoms with Crippen LogP contribution < -0.4 is 10.5 Å². The van der Waals surface area contributed by atoms with E-state index in [-0.39, 0.29) is 5.75 Å². The lowest BCUT2D eigenvalue weighted by Crippen LogP contribution is -2.15. The van der Waals surface area contributed by atoms with Crippen molar-refractivity contribution < 1.29 is 24.1 Å². The van der Waals surface area contributed by atoms with E-state index in [9.17, 15) is 19.4 Å². The summed E-state index contributed by atoms with van der Waals surface area (Å²) >= 11 is 0. The number of carbonyl (C=O) groups excluding carboxylic acids is 1. The molecule has 0 aliphatic heterocycles. The Morgan fingerprint density at radius 1 is 1.60 bits per heavy atom. The summed E-state index contributed by atoms with van der Waals surface area (Å²) in [5.74, 6) is -3.65. The Kier molecular flexibility index (Phi) is 3.11. The molecule has 0 aliphatic carbocycles. The first-order chi connectivity index (χ1) is 7.02. The van der Waals surface area contributed by atoms with Gasteiger partial charge in [0.1, 0.15) is 5.56 Å². The first kappa shape index (κ1) is 11.3. The summed E-state index contributed by atoms with van der Waals surface area (Å²) < 4.78 is 18.1. The van der Waals surface area contributed by atoms with Gasteiger partial charge < -0.3 is 20.7 Å². The van der Waals surface area contributed by atoms with E-state index in [1.165, 1.54) is 7.11 Å². The van der Waals surface area contributed by atoms with Crippen LogP contribution in [0.4, 0.5) is 4.39 Å². The number of Topliss-reactive ketones (excluding diaryl/α,β-unsaturated/α-hetero) is 1. The van der Waals surface area contributed by atoms with Gasteiger partial charge in [-0.25, -0.2) is 4.39 Å². The van der Waals surface area contributed by atoms with Gasteiger partial charge in [0.2, 0.25) is 0 Å². The predicted octanol–water partition coefficient (Wildman–Crippen LogP) is 0.387. The molecule has 5 nitrogen and oxygen atoms in total. The Balaban J connectivity index is 3.47. The molecule has 0 saturated heterocycles. The van der Waals surface area contributed by atoms with Crippen LogP contribution in [0.15, 0.2) is 6.07 Å². The summed E-state index contributed by atoms with van der Waals surface area (Å²) in [5, 5.41) is 18.5. The lowest BCUT2D eigenvalue weighted by Gasteiger charge is -2.09. The lowest BCUT2D eigenvalue weighted by atomic mass is 10.1. The number of hydrogen-bond donors (Lipinski definition) is 3. The number of hydrogen-bond acceptors (Lipinski definition) is 5. The fourth-order valence-electron chi connectivity index (χ4n) is 1.12. The first-order valence-corrected chi connectivity index (χ1v) is 4.04. The average molecular weight is 215 g/mol. The second-order valence-electron chi connectivity index (χ2n) is 2.76. The highest BCUT2D eigenvalue weighted by Crippen LogP contribution is 2.36. The van der Waals surface area contributed by atoms with Gasteiger partial charge in [-0.05, 0) is 0 Å². The van der Waals surface area contributed by atoms with Gasteiger partial charge in [-0.15, -0.1) is 0 Å². The van der Waals surface area contributed by atoms with Crippen LogP contribution in [-0.4, -0.2) is 29.7 Å². The molecule has 1 aromatic rings. The van der Waals surface area contributed by atoms with Gasteiger partial charge in [0, 0.05) is 6.07 Å². The maximum absolute atomic E-state index is 13.5. The number of ketones is 1. The molecule has 6 heteroatoms. The molecule has 0 aliphatic rings. The molecule has 0 radical (unpaired) electrons. The van der Waals surface area contributed by atoms with Crippen molar-refractivity contribution in [2.24, 2.45) is 5.73 Å².